The fraction of sp³-hybridized carbons (Fsp3) is 0.364. The van der Waals surface area contributed by atoms with Gasteiger partial charge in [-0.1, -0.05) is 46.3 Å². The molecule has 0 aromatic heterocycles. The first-order valence-corrected chi connectivity index (χ1v) is 6.01. The van der Waals surface area contributed by atoms with E-state index in [1.165, 1.54) is 0 Å². The molecule has 0 amide bonds. The quantitative estimate of drug-likeness (QED) is 0.628. The van der Waals surface area contributed by atoms with Gasteiger partial charge in [-0.05, 0) is 12.5 Å². The standard InChI is InChI=1S/C11H12BrClO2/c1-2-15-11(14)9(12)10(13)8-6-4-3-5-7-8/h3-7,9-10H,2H2,1H3/t9-,10-/m0/s1. The van der Waals surface area contributed by atoms with Gasteiger partial charge in [0.25, 0.3) is 0 Å². The van der Waals surface area contributed by atoms with Crippen LogP contribution in [-0.2, 0) is 9.53 Å². The van der Waals surface area contributed by atoms with E-state index in [9.17, 15) is 4.79 Å². The molecule has 0 fully saturated rings. The average Bonchev–Trinajstić information content (AvgIpc) is 2.28. The molecule has 2 atom stereocenters. The van der Waals surface area contributed by atoms with Crippen LogP contribution in [0.1, 0.15) is 17.9 Å². The van der Waals surface area contributed by atoms with Crippen LogP contribution in [0, 0.1) is 0 Å². The predicted octanol–water partition coefficient (Wildman–Crippen LogP) is 3.29. The molecule has 0 saturated heterocycles. The molecule has 4 heteroatoms. The van der Waals surface area contributed by atoms with Gasteiger partial charge in [-0.2, -0.15) is 0 Å². The zero-order valence-corrected chi connectivity index (χ0v) is 10.7. The van der Waals surface area contributed by atoms with Crippen molar-refractivity contribution in [3.8, 4) is 0 Å². The first-order chi connectivity index (χ1) is 7.16. The average molecular weight is 292 g/mol. The van der Waals surface area contributed by atoms with Gasteiger partial charge in [0.15, 0.2) is 0 Å². The van der Waals surface area contributed by atoms with Gasteiger partial charge in [0.05, 0.1) is 12.0 Å². The zero-order valence-electron chi connectivity index (χ0n) is 8.32. The zero-order chi connectivity index (χ0) is 11.3. The lowest BCUT2D eigenvalue weighted by Gasteiger charge is -2.15. The lowest BCUT2D eigenvalue weighted by atomic mass is 10.1. The van der Waals surface area contributed by atoms with E-state index in [0.717, 1.165) is 5.56 Å². The molecule has 0 aliphatic carbocycles. The van der Waals surface area contributed by atoms with Crippen molar-refractivity contribution in [2.45, 2.75) is 17.1 Å². The Kier molecular flexibility index (Phi) is 5.12. The molecule has 0 saturated carbocycles. The maximum atomic E-state index is 11.4. The highest BCUT2D eigenvalue weighted by atomic mass is 79.9. The largest absolute Gasteiger partial charge is 0.465 e. The number of alkyl halides is 2. The van der Waals surface area contributed by atoms with Crippen LogP contribution in [0.15, 0.2) is 30.3 Å². The van der Waals surface area contributed by atoms with Crippen molar-refractivity contribution in [2.24, 2.45) is 0 Å². The molecule has 0 aliphatic heterocycles. The van der Waals surface area contributed by atoms with Crippen molar-refractivity contribution in [2.75, 3.05) is 6.61 Å². The van der Waals surface area contributed by atoms with Gasteiger partial charge in [0.1, 0.15) is 4.83 Å². The summed E-state index contributed by atoms with van der Waals surface area (Å²) in [5, 5.41) is -0.412. The van der Waals surface area contributed by atoms with Crippen LogP contribution in [0.4, 0.5) is 0 Å². The molecular formula is C11H12BrClO2. The summed E-state index contributed by atoms with van der Waals surface area (Å²) in [5.41, 5.74) is 0.897. The highest BCUT2D eigenvalue weighted by molar-refractivity contribution is 9.10. The third kappa shape index (κ3) is 3.50. The Morgan fingerprint density at radius 2 is 2.07 bits per heavy atom. The lowest BCUT2D eigenvalue weighted by Crippen LogP contribution is -2.21. The molecule has 0 aliphatic rings. The topological polar surface area (TPSA) is 26.3 Å². The van der Waals surface area contributed by atoms with Gasteiger partial charge >= 0.3 is 5.97 Å². The van der Waals surface area contributed by atoms with E-state index in [4.69, 9.17) is 16.3 Å². The maximum absolute atomic E-state index is 11.4. The second-order valence-electron chi connectivity index (χ2n) is 2.97. The fourth-order valence-electron chi connectivity index (χ4n) is 1.15. The second-order valence-corrected chi connectivity index (χ2v) is 4.42. The summed E-state index contributed by atoms with van der Waals surface area (Å²) in [5.74, 6) is -0.332. The molecular weight excluding hydrogens is 279 g/mol. The number of carbonyl (C=O) groups excluding carboxylic acids is 1. The fourth-order valence-corrected chi connectivity index (χ4v) is 1.83. The predicted molar refractivity (Wildman–Crippen MR) is 64.4 cm³/mol. The van der Waals surface area contributed by atoms with Gasteiger partial charge in [-0.25, -0.2) is 0 Å². The molecule has 15 heavy (non-hydrogen) atoms. The smallest absolute Gasteiger partial charge is 0.321 e. The molecule has 82 valence electrons. The van der Waals surface area contributed by atoms with Crippen LogP contribution in [0.2, 0.25) is 0 Å². The highest BCUT2D eigenvalue weighted by Crippen LogP contribution is 2.29. The third-order valence-corrected chi connectivity index (χ3v) is 3.60. The number of ether oxygens (including phenoxy) is 1. The summed E-state index contributed by atoms with van der Waals surface area (Å²) in [6.07, 6.45) is 0. The summed E-state index contributed by atoms with van der Waals surface area (Å²) in [7, 11) is 0. The van der Waals surface area contributed by atoms with Gasteiger partial charge in [-0.3, -0.25) is 4.79 Å². The van der Waals surface area contributed by atoms with E-state index in [2.05, 4.69) is 15.9 Å². The third-order valence-electron chi connectivity index (χ3n) is 1.89. The summed E-state index contributed by atoms with van der Waals surface area (Å²) in [6, 6.07) is 9.43. The number of esters is 1. The minimum atomic E-state index is -0.512. The number of halogens is 2. The van der Waals surface area contributed by atoms with Gasteiger partial charge in [-0.15, -0.1) is 11.6 Å². The van der Waals surface area contributed by atoms with E-state index in [1.54, 1.807) is 6.92 Å². The van der Waals surface area contributed by atoms with Gasteiger partial charge < -0.3 is 4.74 Å². The van der Waals surface area contributed by atoms with Crippen molar-refractivity contribution in [1.82, 2.24) is 0 Å². The van der Waals surface area contributed by atoms with Gasteiger partial charge in [0, 0.05) is 0 Å². The Balaban J connectivity index is 2.68. The number of benzene rings is 1. The highest BCUT2D eigenvalue weighted by Gasteiger charge is 2.26. The van der Waals surface area contributed by atoms with E-state index >= 15 is 0 Å². The Bertz CT molecular complexity index is 316. The molecule has 2 nitrogen and oxygen atoms in total. The summed E-state index contributed by atoms with van der Waals surface area (Å²) in [6.45, 7) is 2.13. The number of hydrogen-bond acceptors (Lipinski definition) is 2. The molecule has 1 rings (SSSR count). The second kappa shape index (κ2) is 6.13. The number of carbonyl (C=O) groups is 1. The van der Waals surface area contributed by atoms with Crippen molar-refractivity contribution in [3.63, 3.8) is 0 Å². The van der Waals surface area contributed by atoms with Crippen molar-refractivity contribution in [1.29, 1.82) is 0 Å². The van der Waals surface area contributed by atoms with Crippen LogP contribution >= 0.6 is 27.5 Å². The summed E-state index contributed by atoms with van der Waals surface area (Å²) in [4.78, 5) is 10.9. The molecule has 0 spiro atoms. The molecule has 0 bridgehead atoms. The Morgan fingerprint density at radius 3 is 2.60 bits per heavy atom. The van der Waals surface area contributed by atoms with Crippen molar-refractivity contribution < 1.29 is 9.53 Å². The maximum Gasteiger partial charge on any atom is 0.321 e. The molecule has 0 unspecified atom stereocenters. The summed E-state index contributed by atoms with van der Waals surface area (Å²) < 4.78 is 4.88. The number of rotatable bonds is 4. The SMILES string of the molecule is CCOC(=O)[C@@H](Br)[C@@H](Cl)c1ccccc1. The Hall–Kier alpha value is -0.540. The normalized spacial score (nSPS) is 14.3. The first-order valence-electron chi connectivity index (χ1n) is 4.66. The number of hydrogen-bond donors (Lipinski definition) is 0. The Morgan fingerprint density at radius 1 is 1.47 bits per heavy atom. The van der Waals surface area contributed by atoms with Crippen LogP contribution in [0.5, 0.6) is 0 Å². The van der Waals surface area contributed by atoms with Gasteiger partial charge in [0.2, 0.25) is 0 Å². The molecule has 0 heterocycles. The van der Waals surface area contributed by atoms with Crippen LogP contribution in [0.25, 0.3) is 0 Å². The van der Waals surface area contributed by atoms with Crippen molar-refractivity contribution >= 4 is 33.5 Å². The van der Waals surface area contributed by atoms with E-state index < -0.39 is 10.2 Å². The summed E-state index contributed by atoms with van der Waals surface area (Å²) >= 11 is 9.38. The first kappa shape index (κ1) is 12.5. The monoisotopic (exact) mass is 290 g/mol. The molecule has 0 radical (unpaired) electrons. The van der Waals surface area contributed by atoms with E-state index in [0.29, 0.717) is 6.61 Å². The minimum absolute atomic E-state index is 0.332. The van der Waals surface area contributed by atoms with E-state index in [-0.39, 0.29) is 5.97 Å². The molecule has 0 N–H and O–H groups in total. The Labute approximate surface area is 103 Å². The van der Waals surface area contributed by atoms with Crippen molar-refractivity contribution in [3.05, 3.63) is 35.9 Å². The molecule has 1 aromatic rings. The molecule has 1 aromatic carbocycles. The lowest BCUT2D eigenvalue weighted by molar-refractivity contribution is -0.142. The van der Waals surface area contributed by atoms with Crippen LogP contribution < -0.4 is 0 Å². The van der Waals surface area contributed by atoms with E-state index in [1.807, 2.05) is 30.3 Å². The van der Waals surface area contributed by atoms with Crippen LogP contribution in [-0.4, -0.2) is 17.4 Å². The minimum Gasteiger partial charge on any atom is -0.465 e. The van der Waals surface area contributed by atoms with Crippen LogP contribution in [0.3, 0.4) is 0 Å².